The van der Waals surface area contributed by atoms with Gasteiger partial charge in [0.1, 0.15) is 5.76 Å². The summed E-state index contributed by atoms with van der Waals surface area (Å²) in [5, 5.41) is 0.695. The van der Waals surface area contributed by atoms with Crippen molar-refractivity contribution in [1.29, 1.82) is 0 Å². The predicted molar refractivity (Wildman–Crippen MR) is 117 cm³/mol. The smallest absolute Gasteiger partial charge is 0.339 e. The number of aromatic nitrogens is 1. The zero-order valence-corrected chi connectivity index (χ0v) is 17.5. The van der Waals surface area contributed by atoms with Crippen LogP contribution in [0.2, 0.25) is 0 Å². The molecule has 1 aliphatic heterocycles. The summed E-state index contributed by atoms with van der Waals surface area (Å²) in [4.78, 5) is 43.4. The average Bonchev–Trinajstić information content (AvgIpc) is 3.47. The van der Waals surface area contributed by atoms with Crippen molar-refractivity contribution < 1.29 is 23.5 Å². The Balaban J connectivity index is 1.51. The second kappa shape index (κ2) is 8.42. The van der Waals surface area contributed by atoms with Crippen LogP contribution in [0.1, 0.15) is 53.1 Å². The van der Waals surface area contributed by atoms with Crippen molar-refractivity contribution in [2.75, 3.05) is 13.2 Å². The fraction of sp³-hybridized carbons (Fsp3) is 0.280. The molecule has 5 rings (SSSR count). The number of carbonyl (C=O) groups excluding carboxylic acids is 3. The Kier molecular flexibility index (Phi) is 5.31. The normalized spacial score (nSPS) is 17.1. The van der Waals surface area contributed by atoms with Gasteiger partial charge in [0, 0.05) is 18.4 Å². The van der Waals surface area contributed by atoms with E-state index in [1.165, 1.54) is 0 Å². The van der Waals surface area contributed by atoms with Gasteiger partial charge in [-0.25, -0.2) is 9.78 Å². The fourth-order valence-corrected chi connectivity index (χ4v) is 4.44. The molecule has 7 heteroatoms. The highest BCUT2D eigenvalue weighted by molar-refractivity contribution is 6.07. The number of furan rings is 1. The first-order valence-electron chi connectivity index (χ1n) is 10.8. The van der Waals surface area contributed by atoms with Gasteiger partial charge < -0.3 is 9.15 Å². The number of benzene rings is 1. The van der Waals surface area contributed by atoms with Crippen molar-refractivity contribution in [2.24, 2.45) is 0 Å². The van der Waals surface area contributed by atoms with Crippen LogP contribution < -0.4 is 0 Å². The molecule has 1 aromatic carbocycles. The van der Waals surface area contributed by atoms with Crippen LogP contribution in [-0.2, 0) is 20.7 Å². The summed E-state index contributed by atoms with van der Waals surface area (Å²) in [5.74, 6) is -0.538. The van der Waals surface area contributed by atoms with Crippen LogP contribution in [0.4, 0.5) is 0 Å². The van der Waals surface area contributed by atoms with E-state index in [1.54, 1.807) is 6.26 Å². The van der Waals surface area contributed by atoms with Crippen LogP contribution >= 0.6 is 0 Å². The molecule has 162 valence electrons. The number of amides is 2. The molecule has 3 heterocycles. The number of para-hydroxylation sites is 1. The highest BCUT2D eigenvalue weighted by atomic mass is 16.5. The zero-order chi connectivity index (χ0) is 22.1. The summed E-state index contributed by atoms with van der Waals surface area (Å²) in [7, 11) is 0. The summed E-state index contributed by atoms with van der Waals surface area (Å²) in [5.41, 5.74) is 3.71. The molecule has 7 nitrogen and oxygen atoms in total. The lowest BCUT2D eigenvalue weighted by molar-refractivity contribution is -0.143. The molecule has 2 aromatic heterocycles. The molecule has 2 aliphatic rings. The van der Waals surface area contributed by atoms with Crippen LogP contribution in [0.3, 0.4) is 0 Å². The Morgan fingerprint density at radius 2 is 1.97 bits per heavy atom. The Morgan fingerprint density at radius 1 is 1.09 bits per heavy atom. The van der Waals surface area contributed by atoms with Gasteiger partial charge >= 0.3 is 5.97 Å². The van der Waals surface area contributed by atoms with Crippen molar-refractivity contribution >= 4 is 40.3 Å². The molecule has 0 radical (unpaired) electrons. The van der Waals surface area contributed by atoms with Gasteiger partial charge in [-0.2, -0.15) is 0 Å². The van der Waals surface area contributed by atoms with Crippen molar-refractivity contribution in [3.8, 4) is 0 Å². The van der Waals surface area contributed by atoms with E-state index in [0.29, 0.717) is 42.3 Å². The lowest BCUT2D eigenvalue weighted by Crippen LogP contribution is -2.35. The number of likely N-dealkylation sites (tertiary alicyclic amines) is 1. The minimum atomic E-state index is -0.570. The maximum absolute atomic E-state index is 13.2. The number of pyridine rings is 1. The van der Waals surface area contributed by atoms with Crippen molar-refractivity contribution in [1.82, 2.24) is 9.88 Å². The largest absolute Gasteiger partial charge is 0.465 e. The minimum Gasteiger partial charge on any atom is -0.465 e. The lowest BCUT2D eigenvalue weighted by atomic mass is 9.86. The highest BCUT2D eigenvalue weighted by Crippen LogP contribution is 2.36. The first-order valence-corrected chi connectivity index (χ1v) is 10.8. The van der Waals surface area contributed by atoms with Crippen molar-refractivity contribution in [2.45, 2.75) is 32.1 Å². The monoisotopic (exact) mass is 430 g/mol. The van der Waals surface area contributed by atoms with Crippen LogP contribution in [0.25, 0.3) is 22.6 Å². The summed E-state index contributed by atoms with van der Waals surface area (Å²) in [6.45, 7) is -0.0746. The van der Waals surface area contributed by atoms with E-state index < -0.39 is 18.5 Å². The summed E-state index contributed by atoms with van der Waals surface area (Å²) in [6.07, 6.45) is 6.95. The van der Waals surface area contributed by atoms with E-state index in [1.807, 2.05) is 42.5 Å². The maximum atomic E-state index is 13.2. The van der Waals surface area contributed by atoms with Gasteiger partial charge in [0.15, 0.2) is 6.61 Å². The lowest BCUT2D eigenvalue weighted by Gasteiger charge is -2.22. The van der Waals surface area contributed by atoms with Crippen molar-refractivity contribution in [3.63, 3.8) is 0 Å². The van der Waals surface area contributed by atoms with Crippen LogP contribution in [0.5, 0.6) is 0 Å². The SMILES string of the molecule is O=C(OCC(=O)N1CCCC1=O)c1c2c(nc3ccccc13)C(=Cc1ccco1)CCC2. The molecule has 0 atom stereocenters. The molecule has 0 unspecified atom stereocenters. The third-order valence-corrected chi connectivity index (χ3v) is 5.94. The van der Waals surface area contributed by atoms with Crippen molar-refractivity contribution in [3.05, 3.63) is 65.2 Å². The Morgan fingerprint density at radius 3 is 2.75 bits per heavy atom. The second-order valence-electron chi connectivity index (χ2n) is 7.99. The van der Waals surface area contributed by atoms with E-state index in [9.17, 15) is 14.4 Å². The van der Waals surface area contributed by atoms with Gasteiger partial charge in [0.05, 0.1) is 23.0 Å². The number of esters is 1. The molecular weight excluding hydrogens is 408 g/mol. The number of imide groups is 1. The van der Waals surface area contributed by atoms with E-state index in [0.717, 1.165) is 40.3 Å². The van der Waals surface area contributed by atoms with Gasteiger partial charge in [-0.3, -0.25) is 14.5 Å². The number of rotatable bonds is 4. The number of hydrogen-bond donors (Lipinski definition) is 0. The molecule has 0 bridgehead atoms. The number of nitrogens with zero attached hydrogens (tertiary/aromatic N) is 2. The molecule has 32 heavy (non-hydrogen) atoms. The van der Waals surface area contributed by atoms with E-state index >= 15 is 0 Å². The number of ether oxygens (including phenoxy) is 1. The number of carbonyl (C=O) groups is 3. The molecule has 0 N–H and O–H groups in total. The number of hydrogen-bond acceptors (Lipinski definition) is 6. The van der Waals surface area contributed by atoms with Crippen LogP contribution in [-0.4, -0.2) is 40.8 Å². The maximum Gasteiger partial charge on any atom is 0.339 e. The fourth-order valence-electron chi connectivity index (χ4n) is 4.44. The highest BCUT2D eigenvalue weighted by Gasteiger charge is 2.29. The van der Waals surface area contributed by atoms with Gasteiger partial charge in [-0.05, 0) is 61.1 Å². The number of fused-ring (bicyclic) bond motifs is 2. The van der Waals surface area contributed by atoms with Gasteiger partial charge in [-0.1, -0.05) is 18.2 Å². The van der Waals surface area contributed by atoms with E-state index in [4.69, 9.17) is 14.1 Å². The number of allylic oxidation sites excluding steroid dienone is 1. The Hall–Kier alpha value is -3.74. The topological polar surface area (TPSA) is 89.7 Å². The second-order valence-corrected chi connectivity index (χ2v) is 7.99. The molecule has 1 aliphatic carbocycles. The van der Waals surface area contributed by atoms with Gasteiger partial charge in [0.25, 0.3) is 5.91 Å². The first kappa shape index (κ1) is 20.2. The van der Waals surface area contributed by atoms with Gasteiger partial charge in [0.2, 0.25) is 5.91 Å². The third-order valence-electron chi connectivity index (χ3n) is 5.94. The van der Waals surface area contributed by atoms with E-state index in [2.05, 4.69) is 0 Å². The van der Waals surface area contributed by atoms with Crippen LogP contribution in [0.15, 0.2) is 47.1 Å². The molecule has 1 fully saturated rings. The Labute approximate surface area is 184 Å². The van der Waals surface area contributed by atoms with Crippen LogP contribution in [0, 0.1) is 0 Å². The molecule has 1 saturated heterocycles. The predicted octanol–water partition coefficient (Wildman–Crippen LogP) is 4.01. The molecule has 3 aromatic rings. The molecule has 0 spiro atoms. The van der Waals surface area contributed by atoms with E-state index in [-0.39, 0.29) is 5.91 Å². The quantitative estimate of drug-likeness (QED) is 0.581. The Bertz CT molecular complexity index is 1240. The summed E-state index contributed by atoms with van der Waals surface area (Å²) >= 11 is 0. The molecule has 0 saturated carbocycles. The van der Waals surface area contributed by atoms with Gasteiger partial charge in [-0.15, -0.1) is 0 Å². The molecular formula is C25H22N2O5. The standard InChI is InChI=1S/C25H22N2O5/c28-21-11-4-12-27(21)22(29)15-32-25(30)23-18-8-1-2-10-20(18)26-24-16(6-3-9-19(23)24)14-17-7-5-13-31-17/h1-2,5,7-8,10,13-14H,3-4,6,9,11-12,15H2. The minimum absolute atomic E-state index is 0.217. The third kappa shape index (κ3) is 3.70. The molecule has 2 amide bonds. The first-order chi connectivity index (χ1) is 15.6. The summed E-state index contributed by atoms with van der Waals surface area (Å²) in [6, 6.07) is 11.1. The zero-order valence-electron chi connectivity index (χ0n) is 17.5. The summed E-state index contributed by atoms with van der Waals surface area (Å²) < 4.78 is 10.9. The average molecular weight is 430 g/mol.